The summed E-state index contributed by atoms with van der Waals surface area (Å²) in [5.74, 6) is 3.51. The summed E-state index contributed by atoms with van der Waals surface area (Å²) >= 11 is 0. The maximum atomic E-state index is 5.88. The van der Waals surface area contributed by atoms with Crippen LogP contribution in [0.2, 0.25) is 19.6 Å². The van der Waals surface area contributed by atoms with E-state index in [1.165, 1.54) is 22.3 Å². The number of aryl methyl sites for hydroxylation is 2. The van der Waals surface area contributed by atoms with Gasteiger partial charge in [-0.1, -0.05) is 320 Å². The van der Waals surface area contributed by atoms with Crippen molar-refractivity contribution in [1.29, 1.82) is 0 Å². The molecule has 4 aliphatic rings. The van der Waals surface area contributed by atoms with E-state index < -0.39 is 8.07 Å². The molecule has 8 nitrogen and oxygen atoms in total. The smallest absolute Gasteiger partial charge is 0.657 e. The van der Waals surface area contributed by atoms with Crippen molar-refractivity contribution in [3.05, 3.63) is 297 Å². The maximum absolute atomic E-state index is 5.88. The minimum atomic E-state index is -1.66. The van der Waals surface area contributed by atoms with Crippen molar-refractivity contribution in [2.45, 2.75) is 138 Å². The quantitative estimate of drug-likeness (QED) is 0.109. The first-order chi connectivity index (χ1) is 54.4. The van der Waals surface area contributed by atoms with E-state index in [0.717, 1.165) is 195 Å². The molecule has 0 spiro atoms. The predicted molar refractivity (Wildman–Crippen MR) is 485 cm³/mol. The van der Waals surface area contributed by atoms with Crippen molar-refractivity contribution >= 4 is 101 Å². The zero-order valence-electron chi connectivity index (χ0n) is 69.8. The minimum Gasteiger partial charge on any atom is -0.657 e. The van der Waals surface area contributed by atoms with Gasteiger partial charge in [-0.25, -0.2) is 19.9 Å². The van der Waals surface area contributed by atoms with E-state index in [2.05, 4.69) is 383 Å². The summed E-state index contributed by atoms with van der Waals surface area (Å²) in [5.41, 5.74) is 39.2. The topological polar surface area (TPSA) is 108 Å². The van der Waals surface area contributed by atoms with Gasteiger partial charge in [-0.3, -0.25) is 0 Å². The molecule has 17 rings (SSSR count). The molecule has 0 saturated carbocycles. The Morgan fingerprint density at radius 3 is 0.681 bits per heavy atom. The van der Waals surface area contributed by atoms with E-state index in [-0.39, 0.29) is 60.6 Å². The molecule has 16 bridgehead atoms. The Hall–Kier alpha value is -11.2. The van der Waals surface area contributed by atoms with Crippen molar-refractivity contribution < 1.29 is 39.0 Å². The average Bonchev–Trinajstić information content (AvgIpc) is 1.36. The zero-order valence-corrected chi connectivity index (χ0v) is 76.8. The van der Waals surface area contributed by atoms with Crippen LogP contribution in [0, 0.1) is 25.3 Å². The van der Waals surface area contributed by atoms with Crippen LogP contribution in [0.4, 0.5) is 0 Å². The molecule has 7 aromatic carbocycles. The van der Waals surface area contributed by atoms with Crippen LogP contribution in [0.5, 0.6) is 0 Å². The first-order valence-electron chi connectivity index (χ1n) is 39.8. The standard InChI is InChI=1S/C105H94N8Si.2Zn/c1-63-23-29-67(30-24-63)95-80-41-39-78(106-80)94(66-21-19-18-20-22-66)79-40-42-81(107-79)96(68-31-25-64(2)26-32-68)83-44-46-87(109-83)98(86-45-43-82(95)108-86)70-35-37-71(38-36-70)99-88-49-53-92(112-88)100(72-57-74(102(3,4)5)61-75(58-72)103(6,7)8)90-51-47-84(110-90)97(69-33-27-65(28-34-69)55-56-114(15,16)17)85-48-52-91(111-85)101(93-54-50-89(99)113-93)73-59-76(104(9,10)11)62-77(60-73)105(12,13)14;;/h18-54,57-62H,1-17H3;;/q-4;2*+2. The summed E-state index contributed by atoms with van der Waals surface area (Å²) in [4.78, 5) is 45.9. The number of hydrogen-bond donors (Lipinski definition) is 0. The molecule has 0 saturated heterocycles. The summed E-state index contributed by atoms with van der Waals surface area (Å²) in [6.07, 6.45) is 17.2. The fourth-order valence-corrected chi connectivity index (χ4v) is 16.2. The maximum Gasteiger partial charge on any atom is 2.00 e. The van der Waals surface area contributed by atoms with Crippen LogP contribution in [0.25, 0.3) is 182 Å². The number of hydrogen-bond acceptors (Lipinski definition) is 4. The summed E-state index contributed by atoms with van der Waals surface area (Å²) in [6.45, 7) is 38.7. The molecule has 0 aliphatic carbocycles. The molecular formula is C105H94N8SiZn2. The molecule has 0 unspecified atom stereocenters. The van der Waals surface area contributed by atoms with E-state index in [0.29, 0.717) is 0 Å². The van der Waals surface area contributed by atoms with Crippen molar-refractivity contribution in [2.75, 3.05) is 0 Å². The number of benzene rings is 7. The summed E-state index contributed by atoms with van der Waals surface area (Å²) in [7, 11) is -1.66. The Balaban J connectivity index is 0.00000528. The fraction of sp³-hybridized carbons (Fsp3) is 0.200. The van der Waals surface area contributed by atoms with Crippen molar-refractivity contribution in [3.63, 3.8) is 0 Å². The van der Waals surface area contributed by atoms with Crippen LogP contribution in [0.15, 0.2) is 212 Å². The molecule has 6 aromatic heterocycles. The van der Waals surface area contributed by atoms with Gasteiger partial charge in [-0.05, 0) is 208 Å². The molecule has 0 atom stereocenters. The van der Waals surface area contributed by atoms with Gasteiger partial charge in [0.15, 0.2) is 0 Å². The molecule has 4 aliphatic heterocycles. The molecule has 11 heteroatoms. The zero-order chi connectivity index (χ0) is 79.5. The monoisotopic (exact) mass is 1620 g/mol. The molecule has 116 heavy (non-hydrogen) atoms. The summed E-state index contributed by atoms with van der Waals surface area (Å²) in [5, 5.41) is 0. The Bertz CT molecular complexity index is 6470. The van der Waals surface area contributed by atoms with Gasteiger partial charge >= 0.3 is 39.0 Å². The van der Waals surface area contributed by atoms with Crippen LogP contribution >= 0.6 is 0 Å². The molecule has 10 heterocycles. The van der Waals surface area contributed by atoms with E-state index in [1.54, 1.807) is 0 Å². The van der Waals surface area contributed by atoms with Crippen LogP contribution in [0.3, 0.4) is 0 Å². The third-order valence-electron chi connectivity index (χ3n) is 22.1. The second-order valence-corrected chi connectivity index (χ2v) is 40.8. The van der Waals surface area contributed by atoms with Crippen LogP contribution < -0.4 is 19.9 Å². The fourth-order valence-electron chi connectivity index (χ4n) is 15.6. The molecule has 0 fully saturated rings. The number of nitrogens with zero attached hydrogens (tertiary/aromatic N) is 8. The molecule has 0 N–H and O–H groups in total. The average molecular weight is 1630 g/mol. The molecule has 0 amide bonds. The van der Waals surface area contributed by atoms with Gasteiger partial charge in [-0.15, -0.1) is 49.7 Å². The van der Waals surface area contributed by atoms with Gasteiger partial charge < -0.3 is 19.9 Å². The van der Waals surface area contributed by atoms with E-state index in [1.807, 2.05) is 6.07 Å². The largest absolute Gasteiger partial charge is 2.00 e. The van der Waals surface area contributed by atoms with Crippen LogP contribution in [0.1, 0.15) is 168 Å². The van der Waals surface area contributed by atoms with E-state index in [9.17, 15) is 0 Å². The Kier molecular flexibility index (Phi) is 21.2. The van der Waals surface area contributed by atoms with Crippen molar-refractivity contribution in [3.8, 4) is 100 Å². The molecule has 562 valence electrons. The second-order valence-electron chi connectivity index (χ2n) is 36.1. The Morgan fingerprint density at radius 1 is 0.250 bits per heavy atom. The SMILES string of the molecule is Cc1ccc(-c2c3nc(c(-c4ccc(-c5c6nc(c(-c7cc(C(C)(C)C)cc(C(C)(C)C)c7)c7ccc([n-]7)c(-c7ccc(C#C[Si](C)(C)C)cc7)c7nc(c(-c8cc(C(C)(C)C)cc(C(C)(C)C)c8)c8ccc5[n-]8)C=C7)C=C6)cc4)c4ccc([n-]4)c(-c4ccc(C)cc4)c4nc(c(-c5ccccc5)c5ccc2[n-]5)C=C4)C=C3)cc1.[Zn+2].[Zn+2]. The summed E-state index contributed by atoms with van der Waals surface area (Å²) in [6, 6.07) is 76.8. The van der Waals surface area contributed by atoms with Crippen LogP contribution in [-0.2, 0) is 60.6 Å². The summed E-state index contributed by atoms with van der Waals surface area (Å²) < 4.78 is 0. The molecular weight excluding hydrogens is 1530 g/mol. The van der Waals surface area contributed by atoms with Gasteiger partial charge in [0, 0.05) is 5.56 Å². The molecule has 13 aromatic rings. The van der Waals surface area contributed by atoms with Crippen molar-refractivity contribution in [1.82, 2.24) is 39.9 Å². The van der Waals surface area contributed by atoms with Gasteiger partial charge in [0.25, 0.3) is 0 Å². The third kappa shape index (κ3) is 15.9. The number of aromatic nitrogens is 8. The minimum absolute atomic E-state index is 0. The Morgan fingerprint density at radius 2 is 0.457 bits per heavy atom. The second kappa shape index (κ2) is 30.8. The van der Waals surface area contributed by atoms with Crippen molar-refractivity contribution in [2.24, 2.45) is 0 Å². The first-order valence-corrected chi connectivity index (χ1v) is 43.3. The predicted octanol–water partition coefficient (Wildman–Crippen LogP) is 26.5. The number of fused-ring (bicyclic) bond motifs is 16. The third-order valence-corrected chi connectivity index (χ3v) is 23.0. The Labute approximate surface area is 709 Å². The first kappa shape index (κ1) is 80.0. The van der Waals surface area contributed by atoms with Gasteiger partial charge in [0.05, 0.1) is 45.6 Å². The van der Waals surface area contributed by atoms with Gasteiger partial charge in [0.2, 0.25) is 0 Å². The van der Waals surface area contributed by atoms with Gasteiger partial charge in [0.1, 0.15) is 8.07 Å². The van der Waals surface area contributed by atoms with Gasteiger partial charge in [-0.2, -0.15) is 0 Å². The van der Waals surface area contributed by atoms with E-state index in [4.69, 9.17) is 39.9 Å². The van der Waals surface area contributed by atoms with E-state index >= 15 is 0 Å². The van der Waals surface area contributed by atoms with Crippen LogP contribution in [-0.4, -0.2) is 28.0 Å². The number of rotatable bonds is 8. The normalized spacial score (nSPS) is 12.7. The molecule has 0 radical (unpaired) electrons.